The average molecular weight is 311 g/mol. The van der Waals surface area contributed by atoms with E-state index in [-0.39, 0.29) is 5.97 Å². The SMILES string of the molecule is CCOC(C)=O.Clc1cccc(-c2ccccc2)c1Cl. The quantitative estimate of drug-likeness (QED) is 0.710. The zero-order valence-corrected chi connectivity index (χ0v) is 12.9. The summed E-state index contributed by atoms with van der Waals surface area (Å²) in [5.74, 6) is -0.211. The number of ether oxygens (including phenoxy) is 1. The van der Waals surface area contributed by atoms with Crippen LogP contribution in [0.2, 0.25) is 10.0 Å². The molecule has 106 valence electrons. The molecule has 2 rings (SSSR count). The third-order valence-electron chi connectivity index (χ3n) is 2.38. The van der Waals surface area contributed by atoms with Crippen LogP contribution in [0.15, 0.2) is 48.5 Å². The highest BCUT2D eigenvalue weighted by Crippen LogP contribution is 2.32. The molecule has 0 N–H and O–H groups in total. The topological polar surface area (TPSA) is 26.3 Å². The van der Waals surface area contributed by atoms with Crippen LogP contribution in [0.25, 0.3) is 11.1 Å². The second-order valence-corrected chi connectivity index (χ2v) is 4.68. The monoisotopic (exact) mass is 310 g/mol. The van der Waals surface area contributed by atoms with E-state index in [9.17, 15) is 4.79 Å². The second kappa shape index (κ2) is 8.62. The minimum atomic E-state index is -0.211. The van der Waals surface area contributed by atoms with Gasteiger partial charge in [0.2, 0.25) is 0 Å². The molecule has 0 atom stereocenters. The molecule has 0 saturated heterocycles. The first-order valence-electron chi connectivity index (χ1n) is 6.19. The van der Waals surface area contributed by atoms with Crippen LogP contribution in [-0.4, -0.2) is 12.6 Å². The maximum atomic E-state index is 9.82. The number of carbonyl (C=O) groups excluding carboxylic acids is 1. The predicted molar refractivity (Wildman–Crippen MR) is 84.2 cm³/mol. The number of rotatable bonds is 2. The highest BCUT2D eigenvalue weighted by molar-refractivity contribution is 6.43. The van der Waals surface area contributed by atoms with Crippen molar-refractivity contribution < 1.29 is 9.53 Å². The van der Waals surface area contributed by atoms with Gasteiger partial charge in [0.05, 0.1) is 16.7 Å². The lowest BCUT2D eigenvalue weighted by Gasteiger charge is -2.04. The number of hydrogen-bond acceptors (Lipinski definition) is 2. The lowest BCUT2D eigenvalue weighted by molar-refractivity contribution is -0.140. The van der Waals surface area contributed by atoms with E-state index in [1.807, 2.05) is 42.5 Å². The van der Waals surface area contributed by atoms with Crippen molar-refractivity contribution in [2.45, 2.75) is 13.8 Å². The van der Waals surface area contributed by atoms with Crippen molar-refractivity contribution in [3.05, 3.63) is 58.6 Å². The highest BCUT2D eigenvalue weighted by atomic mass is 35.5. The van der Waals surface area contributed by atoms with Crippen LogP contribution in [-0.2, 0) is 9.53 Å². The zero-order valence-electron chi connectivity index (χ0n) is 11.4. The molecule has 2 nitrogen and oxygen atoms in total. The first kappa shape index (κ1) is 16.5. The van der Waals surface area contributed by atoms with E-state index >= 15 is 0 Å². The summed E-state index contributed by atoms with van der Waals surface area (Å²) in [6, 6.07) is 15.6. The van der Waals surface area contributed by atoms with Crippen LogP contribution < -0.4 is 0 Å². The Balaban J connectivity index is 0.000000286. The van der Waals surface area contributed by atoms with E-state index < -0.39 is 0 Å². The summed E-state index contributed by atoms with van der Waals surface area (Å²) in [4.78, 5) is 9.82. The van der Waals surface area contributed by atoms with Gasteiger partial charge in [0.25, 0.3) is 0 Å². The Morgan fingerprint density at radius 1 is 1.05 bits per heavy atom. The van der Waals surface area contributed by atoms with Gasteiger partial charge in [-0.1, -0.05) is 65.7 Å². The fraction of sp³-hybridized carbons (Fsp3) is 0.188. The van der Waals surface area contributed by atoms with Crippen molar-refractivity contribution in [2.75, 3.05) is 6.61 Å². The Morgan fingerprint density at radius 2 is 1.70 bits per heavy atom. The van der Waals surface area contributed by atoms with Gasteiger partial charge in [-0.05, 0) is 18.6 Å². The maximum Gasteiger partial charge on any atom is 0.302 e. The van der Waals surface area contributed by atoms with Crippen LogP contribution >= 0.6 is 23.2 Å². The minimum absolute atomic E-state index is 0.211. The molecule has 0 saturated carbocycles. The molecule has 20 heavy (non-hydrogen) atoms. The summed E-state index contributed by atoms with van der Waals surface area (Å²) in [5, 5.41) is 1.20. The van der Waals surface area contributed by atoms with Gasteiger partial charge in [0.15, 0.2) is 0 Å². The fourth-order valence-corrected chi connectivity index (χ4v) is 1.96. The van der Waals surface area contributed by atoms with Crippen molar-refractivity contribution in [2.24, 2.45) is 0 Å². The number of esters is 1. The van der Waals surface area contributed by atoms with E-state index in [4.69, 9.17) is 23.2 Å². The third kappa shape index (κ3) is 5.24. The van der Waals surface area contributed by atoms with Gasteiger partial charge in [0, 0.05) is 12.5 Å². The molecular formula is C16H16Cl2O2. The van der Waals surface area contributed by atoms with Crippen LogP contribution in [0, 0.1) is 0 Å². The Morgan fingerprint density at radius 3 is 2.20 bits per heavy atom. The normalized spacial score (nSPS) is 9.40. The molecule has 2 aromatic carbocycles. The Labute approximate surface area is 129 Å². The maximum absolute atomic E-state index is 9.82. The van der Waals surface area contributed by atoms with Gasteiger partial charge in [0.1, 0.15) is 0 Å². The van der Waals surface area contributed by atoms with Gasteiger partial charge in [-0.15, -0.1) is 0 Å². The van der Waals surface area contributed by atoms with Gasteiger partial charge in [-0.2, -0.15) is 0 Å². The van der Waals surface area contributed by atoms with E-state index in [0.717, 1.165) is 11.1 Å². The highest BCUT2D eigenvalue weighted by Gasteiger charge is 2.05. The van der Waals surface area contributed by atoms with Crippen LogP contribution in [0.3, 0.4) is 0 Å². The van der Waals surface area contributed by atoms with Crippen molar-refractivity contribution in [3.63, 3.8) is 0 Å². The molecule has 0 heterocycles. The molecule has 2 aromatic rings. The Bertz CT molecular complexity index is 554. The van der Waals surface area contributed by atoms with Crippen LogP contribution in [0.5, 0.6) is 0 Å². The van der Waals surface area contributed by atoms with Crippen molar-refractivity contribution in [1.82, 2.24) is 0 Å². The number of carbonyl (C=O) groups is 1. The van der Waals surface area contributed by atoms with Gasteiger partial charge in [-0.3, -0.25) is 4.79 Å². The summed E-state index contributed by atoms with van der Waals surface area (Å²) in [7, 11) is 0. The molecule has 0 aliphatic rings. The smallest absolute Gasteiger partial charge is 0.302 e. The van der Waals surface area contributed by atoms with Gasteiger partial charge in [-0.25, -0.2) is 0 Å². The largest absolute Gasteiger partial charge is 0.466 e. The zero-order chi connectivity index (χ0) is 15.0. The molecule has 0 aliphatic heterocycles. The molecule has 4 heteroatoms. The molecule has 0 aromatic heterocycles. The van der Waals surface area contributed by atoms with Crippen LogP contribution in [0.4, 0.5) is 0 Å². The average Bonchev–Trinajstić information content (AvgIpc) is 2.43. The predicted octanol–water partition coefficient (Wildman–Crippen LogP) is 5.23. The number of halogens is 2. The van der Waals surface area contributed by atoms with Gasteiger partial charge < -0.3 is 4.74 Å². The molecule has 0 aliphatic carbocycles. The lowest BCUT2D eigenvalue weighted by atomic mass is 10.1. The molecule has 0 bridgehead atoms. The fourth-order valence-electron chi connectivity index (χ4n) is 1.55. The lowest BCUT2D eigenvalue weighted by Crippen LogP contribution is -1.95. The van der Waals surface area contributed by atoms with E-state index in [0.29, 0.717) is 16.7 Å². The molecule has 0 amide bonds. The Hall–Kier alpha value is -1.51. The summed E-state index contributed by atoms with van der Waals surface area (Å²) in [6.45, 7) is 3.65. The second-order valence-electron chi connectivity index (χ2n) is 3.89. The molecule has 0 unspecified atom stereocenters. The standard InChI is InChI=1S/C12H8Cl2.C4H8O2/c13-11-8-4-7-10(12(11)14)9-5-2-1-3-6-9;1-3-6-4(2)5/h1-8H;3H2,1-2H3. The number of benzene rings is 2. The first-order valence-corrected chi connectivity index (χ1v) is 6.94. The van der Waals surface area contributed by atoms with E-state index in [1.54, 1.807) is 13.0 Å². The van der Waals surface area contributed by atoms with Crippen molar-refractivity contribution >= 4 is 29.2 Å². The summed E-state index contributed by atoms with van der Waals surface area (Å²) in [5.41, 5.74) is 2.06. The third-order valence-corrected chi connectivity index (χ3v) is 3.20. The number of hydrogen-bond donors (Lipinski definition) is 0. The molecule has 0 radical (unpaired) electrons. The molecular weight excluding hydrogens is 295 g/mol. The summed E-state index contributed by atoms with van der Waals surface area (Å²) in [6.07, 6.45) is 0. The summed E-state index contributed by atoms with van der Waals surface area (Å²) < 4.78 is 4.40. The van der Waals surface area contributed by atoms with Crippen molar-refractivity contribution in [1.29, 1.82) is 0 Å². The first-order chi connectivity index (χ1) is 9.56. The van der Waals surface area contributed by atoms with Crippen molar-refractivity contribution in [3.8, 4) is 11.1 Å². The minimum Gasteiger partial charge on any atom is -0.466 e. The van der Waals surface area contributed by atoms with E-state index in [1.165, 1.54) is 6.92 Å². The molecule has 0 fully saturated rings. The van der Waals surface area contributed by atoms with Gasteiger partial charge >= 0.3 is 5.97 Å². The van der Waals surface area contributed by atoms with E-state index in [2.05, 4.69) is 4.74 Å². The summed E-state index contributed by atoms with van der Waals surface area (Å²) >= 11 is 12.0. The van der Waals surface area contributed by atoms with Crippen LogP contribution in [0.1, 0.15) is 13.8 Å². The molecule has 0 spiro atoms. The Kier molecular flexibility index (Phi) is 7.13.